The van der Waals surface area contributed by atoms with Crippen molar-refractivity contribution in [3.05, 3.63) is 0 Å². The van der Waals surface area contributed by atoms with E-state index >= 15 is 0 Å². The van der Waals surface area contributed by atoms with E-state index in [0.717, 1.165) is 0 Å². The van der Waals surface area contributed by atoms with E-state index in [9.17, 15) is 9.59 Å². The Morgan fingerprint density at radius 2 is 1.79 bits per heavy atom. The van der Waals surface area contributed by atoms with Crippen LogP contribution in [0, 0.1) is 11.8 Å². The molecule has 0 aromatic carbocycles. The largest absolute Gasteiger partial charge is 0.481 e. The van der Waals surface area contributed by atoms with E-state index < -0.39 is 5.97 Å². The summed E-state index contributed by atoms with van der Waals surface area (Å²) in [6, 6.07) is 0. The lowest BCUT2D eigenvalue weighted by molar-refractivity contribution is -0.145. The van der Waals surface area contributed by atoms with Crippen LogP contribution < -0.4 is 0 Å². The van der Waals surface area contributed by atoms with E-state index in [1.165, 1.54) is 12.8 Å². The van der Waals surface area contributed by atoms with Crippen LogP contribution in [-0.2, 0) is 9.59 Å². The van der Waals surface area contributed by atoms with Crippen molar-refractivity contribution in [1.29, 1.82) is 0 Å². The van der Waals surface area contributed by atoms with E-state index in [1.54, 1.807) is 4.90 Å². The normalized spacial score (nSPS) is 21.9. The summed E-state index contributed by atoms with van der Waals surface area (Å²) < 4.78 is 0. The third kappa shape index (κ3) is 2.25. The predicted molar refractivity (Wildman–Crippen MR) is 49.7 cm³/mol. The monoisotopic (exact) mass is 197 g/mol. The molecule has 0 atom stereocenters. The smallest absolute Gasteiger partial charge is 0.303 e. The van der Waals surface area contributed by atoms with E-state index in [2.05, 4.69) is 0 Å². The second kappa shape index (κ2) is 3.59. The lowest BCUT2D eigenvalue weighted by atomic mass is 9.96. The van der Waals surface area contributed by atoms with Crippen LogP contribution in [0.5, 0.6) is 0 Å². The topological polar surface area (TPSA) is 57.6 Å². The van der Waals surface area contributed by atoms with Gasteiger partial charge in [-0.05, 0) is 18.8 Å². The van der Waals surface area contributed by atoms with Crippen LogP contribution in [-0.4, -0.2) is 35.0 Å². The van der Waals surface area contributed by atoms with Gasteiger partial charge in [0.05, 0.1) is 6.42 Å². The Morgan fingerprint density at radius 3 is 2.29 bits per heavy atom. The first-order chi connectivity index (χ1) is 6.65. The molecule has 0 aromatic heterocycles. The molecule has 2 fully saturated rings. The standard InChI is InChI=1S/C10H15NO3/c12-9(3-7-1-2-7)11-5-8(6-11)4-10(13)14/h7-8H,1-6H2,(H,13,14). The van der Waals surface area contributed by atoms with Gasteiger partial charge >= 0.3 is 5.97 Å². The van der Waals surface area contributed by atoms with Crippen molar-refractivity contribution in [3.63, 3.8) is 0 Å². The average Bonchev–Trinajstić information content (AvgIpc) is 2.78. The summed E-state index contributed by atoms with van der Waals surface area (Å²) >= 11 is 0. The van der Waals surface area contributed by atoms with Gasteiger partial charge in [-0.1, -0.05) is 0 Å². The molecule has 2 aliphatic rings. The van der Waals surface area contributed by atoms with Gasteiger partial charge in [0.15, 0.2) is 0 Å². The summed E-state index contributed by atoms with van der Waals surface area (Å²) in [5.74, 6) is 0.273. The number of aliphatic carboxylic acids is 1. The van der Waals surface area contributed by atoms with Crippen molar-refractivity contribution in [2.24, 2.45) is 11.8 Å². The summed E-state index contributed by atoms with van der Waals surface area (Å²) in [5.41, 5.74) is 0. The molecule has 1 saturated carbocycles. The van der Waals surface area contributed by atoms with Gasteiger partial charge in [0, 0.05) is 25.4 Å². The molecule has 1 saturated heterocycles. The molecular formula is C10H15NO3. The molecule has 0 spiro atoms. The van der Waals surface area contributed by atoms with Crippen molar-refractivity contribution < 1.29 is 14.7 Å². The third-order valence-corrected chi connectivity index (χ3v) is 2.93. The van der Waals surface area contributed by atoms with Gasteiger partial charge in [-0.25, -0.2) is 0 Å². The number of rotatable bonds is 4. The molecule has 14 heavy (non-hydrogen) atoms. The fourth-order valence-corrected chi connectivity index (χ4v) is 1.85. The highest BCUT2D eigenvalue weighted by Gasteiger charge is 2.34. The first kappa shape index (κ1) is 9.49. The third-order valence-electron chi connectivity index (χ3n) is 2.93. The Balaban J connectivity index is 1.65. The second-order valence-corrected chi connectivity index (χ2v) is 4.41. The molecule has 2 rings (SSSR count). The van der Waals surface area contributed by atoms with Crippen LogP contribution in [0.4, 0.5) is 0 Å². The molecule has 1 heterocycles. The van der Waals surface area contributed by atoms with Gasteiger partial charge in [-0.15, -0.1) is 0 Å². The van der Waals surface area contributed by atoms with Gasteiger partial charge < -0.3 is 10.0 Å². The molecular weight excluding hydrogens is 182 g/mol. The first-order valence-electron chi connectivity index (χ1n) is 5.14. The number of hydrogen-bond donors (Lipinski definition) is 1. The lowest BCUT2D eigenvalue weighted by Crippen LogP contribution is -2.50. The SMILES string of the molecule is O=C(O)CC1CN(C(=O)CC2CC2)C1. The Hall–Kier alpha value is -1.06. The summed E-state index contributed by atoms with van der Waals surface area (Å²) in [6.07, 6.45) is 3.27. The zero-order chi connectivity index (χ0) is 10.1. The fourth-order valence-electron chi connectivity index (χ4n) is 1.85. The molecule has 0 radical (unpaired) electrons. The molecule has 78 valence electrons. The van der Waals surface area contributed by atoms with Crippen LogP contribution >= 0.6 is 0 Å². The van der Waals surface area contributed by atoms with Crippen molar-refractivity contribution in [2.45, 2.75) is 25.7 Å². The first-order valence-corrected chi connectivity index (χ1v) is 5.14. The Bertz CT molecular complexity index is 254. The molecule has 4 heteroatoms. The lowest BCUT2D eigenvalue weighted by Gasteiger charge is -2.38. The van der Waals surface area contributed by atoms with Crippen LogP contribution in [0.15, 0.2) is 0 Å². The zero-order valence-corrected chi connectivity index (χ0v) is 8.11. The van der Waals surface area contributed by atoms with E-state index in [0.29, 0.717) is 25.4 Å². The minimum atomic E-state index is -0.760. The Morgan fingerprint density at radius 1 is 1.14 bits per heavy atom. The molecule has 4 nitrogen and oxygen atoms in total. The van der Waals surface area contributed by atoms with Crippen molar-refractivity contribution >= 4 is 11.9 Å². The second-order valence-electron chi connectivity index (χ2n) is 4.41. The molecule has 1 N–H and O–H groups in total. The maximum Gasteiger partial charge on any atom is 0.303 e. The quantitative estimate of drug-likeness (QED) is 0.722. The van der Waals surface area contributed by atoms with Gasteiger partial charge in [0.1, 0.15) is 0 Å². The zero-order valence-electron chi connectivity index (χ0n) is 8.11. The van der Waals surface area contributed by atoms with E-state index in [4.69, 9.17) is 5.11 Å². The highest BCUT2D eigenvalue weighted by Crippen LogP contribution is 2.34. The molecule has 1 amide bonds. The fraction of sp³-hybridized carbons (Fsp3) is 0.800. The Kier molecular flexibility index (Phi) is 2.44. The summed E-state index contributed by atoms with van der Waals surface area (Å²) in [5, 5.41) is 8.53. The number of carbonyl (C=O) groups is 2. The van der Waals surface area contributed by atoms with Gasteiger partial charge in [-0.3, -0.25) is 9.59 Å². The van der Waals surface area contributed by atoms with Crippen molar-refractivity contribution in [3.8, 4) is 0 Å². The maximum atomic E-state index is 11.5. The number of carboxylic acid groups (broad SMARTS) is 1. The van der Waals surface area contributed by atoms with E-state index in [1.807, 2.05) is 0 Å². The van der Waals surface area contributed by atoms with Crippen LogP contribution in [0.1, 0.15) is 25.7 Å². The Labute approximate surface area is 82.9 Å². The number of hydrogen-bond acceptors (Lipinski definition) is 2. The molecule has 1 aliphatic heterocycles. The van der Waals surface area contributed by atoms with Gasteiger partial charge in [0.2, 0.25) is 5.91 Å². The summed E-state index contributed by atoms with van der Waals surface area (Å²) in [4.78, 5) is 23.6. The minimum Gasteiger partial charge on any atom is -0.481 e. The average molecular weight is 197 g/mol. The van der Waals surface area contributed by atoms with Gasteiger partial charge in [0.25, 0.3) is 0 Å². The van der Waals surface area contributed by atoms with Crippen molar-refractivity contribution in [2.75, 3.05) is 13.1 Å². The maximum absolute atomic E-state index is 11.5. The molecule has 1 aliphatic carbocycles. The number of likely N-dealkylation sites (tertiary alicyclic amines) is 1. The number of carbonyl (C=O) groups excluding carboxylic acids is 1. The van der Waals surface area contributed by atoms with Gasteiger partial charge in [-0.2, -0.15) is 0 Å². The highest BCUT2D eigenvalue weighted by atomic mass is 16.4. The van der Waals surface area contributed by atoms with Crippen molar-refractivity contribution in [1.82, 2.24) is 4.90 Å². The van der Waals surface area contributed by atoms with Crippen LogP contribution in [0.25, 0.3) is 0 Å². The summed E-state index contributed by atoms with van der Waals surface area (Å²) in [7, 11) is 0. The number of carboxylic acids is 1. The number of amides is 1. The molecule has 0 unspecified atom stereocenters. The molecule has 0 bridgehead atoms. The molecule has 0 aromatic rings. The highest BCUT2D eigenvalue weighted by molar-refractivity contribution is 5.78. The van der Waals surface area contributed by atoms with Crippen LogP contribution in [0.3, 0.4) is 0 Å². The number of nitrogens with zero attached hydrogens (tertiary/aromatic N) is 1. The summed E-state index contributed by atoms with van der Waals surface area (Å²) in [6.45, 7) is 1.30. The van der Waals surface area contributed by atoms with E-state index in [-0.39, 0.29) is 18.2 Å². The predicted octanol–water partition coefficient (Wildman–Crippen LogP) is 0.720. The van der Waals surface area contributed by atoms with Crippen LogP contribution in [0.2, 0.25) is 0 Å². The minimum absolute atomic E-state index is 0.190.